The molecule has 0 bridgehead atoms. The number of nitrogens with zero attached hydrogens (tertiary/aromatic N) is 1. The van der Waals surface area contributed by atoms with Gasteiger partial charge in [-0.3, -0.25) is 4.79 Å². The van der Waals surface area contributed by atoms with Gasteiger partial charge in [-0.1, -0.05) is 13.3 Å². The molecule has 1 N–H and O–H groups in total. The fourth-order valence-corrected chi connectivity index (χ4v) is 1.76. The molecular formula is C12H25NO5S2. The minimum atomic E-state index is -1.14. The van der Waals surface area contributed by atoms with Gasteiger partial charge in [0.15, 0.2) is 0 Å². The molecule has 120 valence electrons. The van der Waals surface area contributed by atoms with Crippen LogP contribution in [0.5, 0.6) is 0 Å². The van der Waals surface area contributed by atoms with Crippen LogP contribution in [0.2, 0.25) is 0 Å². The Morgan fingerprint density at radius 1 is 1.20 bits per heavy atom. The predicted octanol–water partition coefficient (Wildman–Crippen LogP) is 1.27. The van der Waals surface area contributed by atoms with Gasteiger partial charge in [-0.2, -0.15) is 27.0 Å². The van der Waals surface area contributed by atoms with Crippen LogP contribution in [0.4, 0.5) is 0 Å². The maximum Gasteiger partial charge on any atom is 0.328 e. The summed E-state index contributed by atoms with van der Waals surface area (Å²) in [4.78, 5) is 35.4. The quantitative estimate of drug-likeness (QED) is 0.712. The van der Waals surface area contributed by atoms with Crippen LogP contribution >= 0.6 is 27.0 Å². The van der Waals surface area contributed by atoms with Gasteiger partial charge in [0, 0.05) is 6.92 Å². The van der Waals surface area contributed by atoms with Crippen LogP contribution in [0, 0.1) is 0 Å². The van der Waals surface area contributed by atoms with E-state index < -0.39 is 29.9 Å². The van der Waals surface area contributed by atoms with E-state index in [9.17, 15) is 14.4 Å². The van der Waals surface area contributed by atoms with Crippen LogP contribution < -0.4 is 0 Å². The van der Waals surface area contributed by atoms with Gasteiger partial charge in [-0.15, -0.1) is 0 Å². The molecule has 0 aliphatic carbocycles. The molecule has 0 radical (unpaired) electrons. The number of aliphatic carboxylic acids is 1. The Morgan fingerprint density at radius 3 is 2.00 bits per heavy atom. The van der Waals surface area contributed by atoms with Crippen molar-refractivity contribution < 1.29 is 24.2 Å². The van der Waals surface area contributed by atoms with Crippen LogP contribution in [-0.2, 0) is 19.1 Å². The number of carbonyl (C=O) groups excluding carboxylic acids is 2. The van der Waals surface area contributed by atoms with Crippen LogP contribution in [0.25, 0.3) is 0 Å². The van der Waals surface area contributed by atoms with Crippen molar-refractivity contribution in [3.05, 3.63) is 0 Å². The first kappa shape index (κ1) is 24.1. The third-order valence-electron chi connectivity index (χ3n) is 2.59. The molecular weight excluding hydrogens is 302 g/mol. The Hall–Kier alpha value is -0.890. The lowest BCUT2D eigenvalue weighted by molar-refractivity contribution is -0.161. The number of carboxylic acids is 1. The first-order valence-electron chi connectivity index (χ1n) is 6.05. The third kappa shape index (κ3) is 7.04. The first-order valence-corrected chi connectivity index (χ1v) is 6.05. The van der Waals surface area contributed by atoms with Crippen molar-refractivity contribution >= 4 is 44.8 Å². The van der Waals surface area contributed by atoms with Gasteiger partial charge in [0.1, 0.15) is 12.1 Å². The number of amides is 1. The van der Waals surface area contributed by atoms with Crippen molar-refractivity contribution in [1.29, 1.82) is 0 Å². The zero-order valence-electron chi connectivity index (χ0n) is 12.3. The molecule has 0 spiro atoms. The SMILES string of the molecule is CCCC(C(=O)OCC)N(C(C)=O)[C@@H](C)C(=O)O.S.S. The van der Waals surface area contributed by atoms with Gasteiger partial charge in [-0.25, -0.2) is 9.59 Å². The molecule has 0 fully saturated rings. The Balaban J connectivity index is -0.00000144. The molecule has 0 aromatic rings. The monoisotopic (exact) mass is 327 g/mol. The molecule has 0 aliphatic heterocycles. The van der Waals surface area contributed by atoms with E-state index in [1.807, 2.05) is 6.92 Å². The largest absolute Gasteiger partial charge is 0.480 e. The molecule has 2 atom stereocenters. The summed E-state index contributed by atoms with van der Waals surface area (Å²) in [6, 6.07) is -1.89. The Labute approximate surface area is 133 Å². The Morgan fingerprint density at radius 2 is 1.70 bits per heavy atom. The van der Waals surface area contributed by atoms with Crippen molar-refractivity contribution in [2.45, 2.75) is 52.6 Å². The minimum absolute atomic E-state index is 0. The molecule has 0 aliphatic rings. The molecule has 1 amide bonds. The van der Waals surface area contributed by atoms with Gasteiger partial charge in [-0.05, 0) is 20.3 Å². The van der Waals surface area contributed by atoms with Gasteiger partial charge in [0.25, 0.3) is 0 Å². The van der Waals surface area contributed by atoms with Gasteiger partial charge < -0.3 is 14.7 Å². The summed E-state index contributed by atoms with van der Waals surface area (Å²) in [5, 5.41) is 8.98. The van der Waals surface area contributed by atoms with E-state index in [1.54, 1.807) is 6.92 Å². The van der Waals surface area contributed by atoms with Crippen molar-refractivity contribution in [3.8, 4) is 0 Å². The highest BCUT2D eigenvalue weighted by Crippen LogP contribution is 2.14. The molecule has 0 heterocycles. The Bertz CT molecular complexity index is 325. The maximum atomic E-state index is 11.8. The average Bonchev–Trinajstić information content (AvgIpc) is 2.27. The van der Waals surface area contributed by atoms with Crippen molar-refractivity contribution in [2.24, 2.45) is 0 Å². The minimum Gasteiger partial charge on any atom is -0.480 e. The van der Waals surface area contributed by atoms with E-state index in [0.717, 1.165) is 4.90 Å². The summed E-state index contributed by atoms with van der Waals surface area (Å²) >= 11 is 0. The van der Waals surface area contributed by atoms with Crippen LogP contribution in [-0.4, -0.2) is 46.5 Å². The second-order valence-electron chi connectivity index (χ2n) is 4.00. The molecule has 0 saturated carbocycles. The van der Waals surface area contributed by atoms with E-state index in [1.165, 1.54) is 13.8 Å². The number of carbonyl (C=O) groups is 3. The van der Waals surface area contributed by atoms with E-state index in [4.69, 9.17) is 9.84 Å². The summed E-state index contributed by atoms with van der Waals surface area (Å²) in [7, 11) is 0. The molecule has 20 heavy (non-hydrogen) atoms. The second kappa shape index (κ2) is 11.9. The highest BCUT2D eigenvalue weighted by Gasteiger charge is 2.34. The fraction of sp³-hybridized carbons (Fsp3) is 0.750. The summed E-state index contributed by atoms with van der Waals surface area (Å²) in [6.07, 6.45) is 1.04. The lowest BCUT2D eigenvalue weighted by Crippen LogP contribution is -2.52. The van der Waals surface area contributed by atoms with Gasteiger partial charge in [0.2, 0.25) is 5.91 Å². The number of rotatable bonds is 7. The number of carboxylic acid groups (broad SMARTS) is 1. The predicted molar refractivity (Wildman–Crippen MR) is 85.7 cm³/mol. The zero-order chi connectivity index (χ0) is 14.3. The molecule has 6 nitrogen and oxygen atoms in total. The second-order valence-corrected chi connectivity index (χ2v) is 4.00. The number of hydrogen-bond donors (Lipinski definition) is 1. The highest BCUT2D eigenvalue weighted by atomic mass is 32.1. The van der Waals surface area contributed by atoms with Crippen LogP contribution in [0.15, 0.2) is 0 Å². The lowest BCUT2D eigenvalue weighted by atomic mass is 10.1. The highest BCUT2D eigenvalue weighted by molar-refractivity contribution is 7.59. The Kier molecular flexibility index (Phi) is 14.4. The normalized spacial score (nSPS) is 12.2. The number of hydrogen-bond acceptors (Lipinski definition) is 4. The van der Waals surface area contributed by atoms with E-state index >= 15 is 0 Å². The first-order chi connectivity index (χ1) is 8.36. The summed E-state index contributed by atoms with van der Waals surface area (Å²) in [5.41, 5.74) is 0. The standard InChI is InChI=1S/C12H21NO5.2H2S/c1-5-7-10(12(17)18-6-2)13(9(4)14)8(3)11(15)16;;/h8,10H,5-7H2,1-4H3,(H,15,16);2*1H2/t8-,10?;;/m0../s1. The summed E-state index contributed by atoms with van der Waals surface area (Å²) < 4.78 is 4.89. The third-order valence-corrected chi connectivity index (χ3v) is 2.59. The summed E-state index contributed by atoms with van der Waals surface area (Å²) in [6.45, 7) is 6.36. The summed E-state index contributed by atoms with van der Waals surface area (Å²) in [5.74, 6) is -2.14. The van der Waals surface area contributed by atoms with Gasteiger partial charge in [0.05, 0.1) is 6.61 Å². The molecule has 0 rings (SSSR count). The van der Waals surface area contributed by atoms with Crippen molar-refractivity contribution in [3.63, 3.8) is 0 Å². The molecule has 0 aromatic heterocycles. The molecule has 1 unspecified atom stereocenters. The average molecular weight is 327 g/mol. The van der Waals surface area contributed by atoms with Crippen molar-refractivity contribution in [1.82, 2.24) is 4.90 Å². The molecule has 8 heteroatoms. The van der Waals surface area contributed by atoms with Crippen molar-refractivity contribution in [2.75, 3.05) is 6.61 Å². The van der Waals surface area contributed by atoms with E-state index in [-0.39, 0.29) is 33.6 Å². The fourth-order valence-electron chi connectivity index (χ4n) is 1.76. The number of ether oxygens (including phenoxy) is 1. The topological polar surface area (TPSA) is 83.9 Å². The van der Waals surface area contributed by atoms with E-state index in [0.29, 0.717) is 12.8 Å². The maximum absolute atomic E-state index is 11.8. The van der Waals surface area contributed by atoms with Crippen LogP contribution in [0.3, 0.4) is 0 Å². The van der Waals surface area contributed by atoms with Crippen LogP contribution in [0.1, 0.15) is 40.5 Å². The smallest absolute Gasteiger partial charge is 0.328 e. The zero-order valence-corrected chi connectivity index (χ0v) is 14.3. The molecule has 0 aromatic carbocycles. The number of esters is 1. The lowest BCUT2D eigenvalue weighted by Gasteiger charge is -2.32. The molecule has 0 saturated heterocycles. The van der Waals surface area contributed by atoms with E-state index in [2.05, 4.69) is 0 Å². The van der Waals surface area contributed by atoms with Gasteiger partial charge >= 0.3 is 11.9 Å².